The van der Waals surface area contributed by atoms with Gasteiger partial charge in [0.05, 0.1) is 25.8 Å². The van der Waals surface area contributed by atoms with Crippen molar-refractivity contribution in [2.45, 2.75) is 51.1 Å². The van der Waals surface area contributed by atoms with E-state index in [4.69, 9.17) is 4.74 Å². The second kappa shape index (κ2) is 7.62. The highest BCUT2D eigenvalue weighted by atomic mass is 16.5. The van der Waals surface area contributed by atoms with E-state index >= 15 is 0 Å². The van der Waals surface area contributed by atoms with E-state index in [1.807, 2.05) is 16.7 Å². The van der Waals surface area contributed by atoms with Crippen LogP contribution in [0.5, 0.6) is 0 Å². The topological polar surface area (TPSA) is 53.1 Å². The van der Waals surface area contributed by atoms with Crippen LogP contribution in [-0.4, -0.2) is 84.5 Å². The molecule has 2 heterocycles. The summed E-state index contributed by atoms with van der Waals surface area (Å²) in [5.74, 6) is 0.381. The van der Waals surface area contributed by atoms with E-state index in [0.29, 0.717) is 38.9 Å². The molecule has 0 unspecified atom stereocenters. The van der Waals surface area contributed by atoms with Gasteiger partial charge in [0.2, 0.25) is 11.8 Å². The van der Waals surface area contributed by atoms with Gasteiger partial charge in [-0.3, -0.25) is 14.5 Å². The number of hydrogen-bond acceptors (Lipinski definition) is 4. The molecule has 0 N–H and O–H groups in total. The molecular weight excluding hydrogens is 294 g/mol. The van der Waals surface area contributed by atoms with Gasteiger partial charge in [-0.05, 0) is 39.2 Å². The Balaban J connectivity index is 1.61. The molecule has 0 aromatic carbocycles. The molecule has 130 valence electrons. The first kappa shape index (κ1) is 16.7. The highest BCUT2D eigenvalue weighted by Gasteiger charge is 2.36. The maximum absolute atomic E-state index is 12.8. The Morgan fingerprint density at radius 3 is 2.48 bits per heavy atom. The van der Waals surface area contributed by atoms with E-state index < -0.39 is 0 Å². The summed E-state index contributed by atoms with van der Waals surface area (Å²) in [7, 11) is 0. The number of morpholine rings is 1. The van der Waals surface area contributed by atoms with Gasteiger partial charge in [0, 0.05) is 25.7 Å². The molecule has 3 fully saturated rings. The number of nitrogens with zero attached hydrogens (tertiary/aromatic N) is 3. The van der Waals surface area contributed by atoms with E-state index in [1.165, 1.54) is 0 Å². The van der Waals surface area contributed by atoms with E-state index in [0.717, 1.165) is 45.2 Å². The summed E-state index contributed by atoms with van der Waals surface area (Å²) >= 11 is 0. The summed E-state index contributed by atoms with van der Waals surface area (Å²) in [6.07, 6.45) is 5.30. The van der Waals surface area contributed by atoms with Crippen molar-refractivity contribution in [1.29, 1.82) is 0 Å². The van der Waals surface area contributed by atoms with Gasteiger partial charge in [0.15, 0.2) is 0 Å². The number of carbonyl (C=O) groups excluding carboxylic acids is 2. The van der Waals surface area contributed by atoms with Crippen molar-refractivity contribution in [3.63, 3.8) is 0 Å². The van der Waals surface area contributed by atoms with E-state index in [-0.39, 0.29) is 17.9 Å². The number of carbonyl (C=O) groups is 2. The van der Waals surface area contributed by atoms with Gasteiger partial charge < -0.3 is 14.5 Å². The van der Waals surface area contributed by atoms with Gasteiger partial charge in [-0.15, -0.1) is 0 Å². The van der Waals surface area contributed by atoms with Crippen LogP contribution >= 0.6 is 0 Å². The Morgan fingerprint density at radius 1 is 1.09 bits per heavy atom. The van der Waals surface area contributed by atoms with Gasteiger partial charge in [-0.2, -0.15) is 0 Å². The van der Waals surface area contributed by atoms with Crippen molar-refractivity contribution < 1.29 is 14.3 Å². The number of amides is 2. The van der Waals surface area contributed by atoms with Crippen LogP contribution in [0.15, 0.2) is 0 Å². The molecule has 23 heavy (non-hydrogen) atoms. The number of likely N-dealkylation sites (N-methyl/N-ethyl adjacent to an activating group) is 1. The van der Waals surface area contributed by atoms with Gasteiger partial charge in [-0.25, -0.2) is 0 Å². The first-order valence-electron chi connectivity index (χ1n) is 9.10. The molecule has 6 nitrogen and oxygen atoms in total. The SMILES string of the molecule is CCN(C(=O)CN1CCCC[C@H]1C(=O)N1CCOCC1)C1CC1. The summed E-state index contributed by atoms with van der Waals surface area (Å²) in [5.41, 5.74) is 0. The maximum Gasteiger partial charge on any atom is 0.240 e. The molecule has 0 aromatic heterocycles. The van der Waals surface area contributed by atoms with Crippen molar-refractivity contribution in [2.24, 2.45) is 0 Å². The highest BCUT2D eigenvalue weighted by Crippen LogP contribution is 2.27. The zero-order valence-corrected chi connectivity index (χ0v) is 14.2. The standard InChI is InChI=1S/C17H29N3O3/c1-2-20(14-6-7-14)16(21)13-19-8-4-3-5-15(19)17(22)18-9-11-23-12-10-18/h14-15H,2-13H2,1H3/t15-/m0/s1. The number of likely N-dealkylation sites (tertiary alicyclic amines) is 1. The third-order valence-electron chi connectivity index (χ3n) is 5.21. The number of hydrogen-bond donors (Lipinski definition) is 0. The van der Waals surface area contributed by atoms with Crippen LogP contribution in [0.4, 0.5) is 0 Å². The van der Waals surface area contributed by atoms with Crippen molar-refractivity contribution in [1.82, 2.24) is 14.7 Å². The molecule has 2 saturated heterocycles. The summed E-state index contributed by atoms with van der Waals surface area (Å²) in [5, 5.41) is 0. The van der Waals surface area contributed by atoms with Crippen molar-refractivity contribution in [2.75, 3.05) is 45.9 Å². The Bertz CT molecular complexity index is 433. The van der Waals surface area contributed by atoms with Crippen LogP contribution < -0.4 is 0 Å². The van der Waals surface area contributed by atoms with E-state index in [1.54, 1.807) is 0 Å². The molecule has 0 aromatic rings. The molecule has 2 aliphatic heterocycles. The van der Waals surface area contributed by atoms with Gasteiger partial charge in [0.1, 0.15) is 0 Å². The second-order valence-electron chi connectivity index (χ2n) is 6.83. The van der Waals surface area contributed by atoms with Crippen LogP contribution in [0.3, 0.4) is 0 Å². The van der Waals surface area contributed by atoms with E-state index in [9.17, 15) is 9.59 Å². The molecule has 1 saturated carbocycles. The average Bonchev–Trinajstić information content (AvgIpc) is 3.41. The van der Waals surface area contributed by atoms with Crippen molar-refractivity contribution >= 4 is 11.8 Å². The summed E-state index contributed by atoms with van der Waals surface area (Å²) in [4.78, 5) is 31.5. The molecule has 0 radical (unpaired) electrons. The van der Waals surface area contributed by atoms with E-state index in [2.05, 4.69) is 4.90 Å². The molecular formula is C17H29N3O3. The molecule has 0 bridgehead atoms. The second-order valence-corrected chi connectivity index (χ2v) is 6.83. The summed E-state index contributed by atoms with van der Waals surface area (Å²) < 4.78 is 5.34. The Morgan fingerprint density at radius 2 is 1.83 bits per heavy atom. The Hall–Kier alpha value is -1.14. The van der Waals surface area contributed by atoms with Crippen molar-refractivity contribution in [3.05, 3.63) is 0 Å². The van der Waals surface area contributed by atoms with Crippen molar-refractivity contribution in [3.8, 4) is 0 Å². The minimum atomic E-state index is -0.122. The summed E-state index contributed by atoms with van der Waals surface area (Å²) in [6.45, 7) is 6.69. The number of rotatable bonds is 5. The molecule has 3 rings (SSSR count). The lowest BCUT2D eigenvalue weighted by atomic mass is 10.0. The number of ether oxygens (including phenoxy) is 1. The molecule has 2 amide bonds. The van der Waals surface area contributed by atoms with Crippen LogP contribution in [-0.2, 0) is 14.3 Å². The van der Waals surface area contributed by atoms with Crippen LogP contribution in [0, 0.1) is 0 Å². The minimum absolute atomic E-state index is 0.122. The Kier molecular flexibility index (Phi) is 5.54. The monoisotopic (exact) mass is 323 g/mol. The predicted octanol–water partition coefficient (Wildman–Crippen LogP) is 0.711. The number of piperidine rings is 1. The quantitative estimate of drug-likeness (QED) is 0.748. The normalized spacial score (nSPS) is 26.1. The zero-order valence-electron chi connectivity index (χ0n) is 14.2. The maximum atomic E-state index is 12.8. The lowest BCUT2D eigenvalue weighted by Crippen LogP contribution is -2.55. The first-order chi connectivity index (χ1) is 11.2. The lowest BCUT2D eigenvalue weighted by Gasteiger charge is -2.39. The lowest BCUT2D eigenvalue weighted by molar-refractivity contribution is -0.144. The third kappa shape index (κ3) is 4.04. The molecule has 6 heteroatoms. The summed E-state index contributed by atoms with van der Waals surface area (Å²) in [6, 6.07) is 0.328. The third-order valence-corrected chi connectivity index (χ3v) is 5.21. The molecule has 1 aliphatic carbocycles. The molecule has 1 atom stereocenters. The fourth-order valence-corrected chi connectivity index (χ4v) is 3.74. The zero-order chi connectivity index (χ0) is 16.2. The van der Waals surface area contributed by atoms with Crippen LogP contribution in [0.1, 0.15) is 39.0 Å². The fourth-order valence-electron chi connectivity index (χ4n) is 3.74. The smallest absolute Gasteiger partial charge is 0.240 e. The first-order valence-corrected chi connectivity index (χ1v) is 9.10. The predicted molar refractivity (Wildman–Crippen MR) is 87.0 cm³/mol. The minimum Gasteiger partial charge on any atom is -0.378 e. The molecule has 0 spiro atoms. The highest BCUT2D eigenvalue weighted by molar-refractivity contribution is 5.84. The largest absolute Gasteiger partial charge is 0.378 e. The van der Waals surface area contributed by atoms with Crippen LogP contribution in [0.25, 0.3) is 0 Å². The van der Waals surface area contributed by atoms with Gasteiger partial charge in [-0.1, -0.05) is 6.42 Å². The molecule has 3 aliphatic rings. The van der Waals surface area contributed by atoms with Crippen LogP contribution in [0.2, 0.25) is 0 Å². The fraction of sp³-hybridized carbons (Fsp3) is 0.882. The average molecular weight is 323 g/mol. The Labute approximate surface area is 138 Å². The van der Waals surface area contributed by atoms with Gasteiger partial charge in [0.25, 0.3) is 0 Å². The van der Waals surface area contributed by atoms with Gasteiger partial charge >= 0.3 is 0 Å².